The second-order valence-electron chi connectivity index (χ2n) is 5.43. The van der Waals surface area contributed by atoms with Crippen LogP contribution in [0.15, 0.2) is 41.8 Å². The number of rotatable bonds is 5. The first-order valence-electron chi connectivity index (χ1n) is 7.61. The zero-order valence-corrected chi connectivity index (χ0v) is 14.1. The normalized spacial score (nSPS) is 15.9. The zero-order valence-electron chi connectivity index (χ0n) is 13.3. The molecule has 2 heterocycles. The summed E-state index contributed by atoms with van der Waals surface area (Å²) in [4.78, 5) is 15.9. The lowest BCUT2D eigenvalue weighted by molar-refractivity contribution is -0.116. The second kappa shape index (κ2) is 7.30. The highest BCUT2D eigenvalue weighted by Crippen LogP contribution is 2.15. The zero-order chi connectivity index (χ0) is 17.9. The molecule has 1 aromatic heterocycles. The summed E-state index contributed by atoms with van der Waals surface area (Å²) in [6.45, 7) is 1.03. The number of aromatic nitrogens is 2. The average Bonchev–Trinajstić information content (AvgIpc) is 3.07. The molecule has 1 aliphatic heterocycles. The van der Waals surface area contributed by atoms with Gasteiger partial charge in [0, 0.05) is 19.3 Å². The first kappa shape index (κ1) is 17.5. The minimum atomic E-state index is -3.71. The topological polar surface area (TPSA) is 93.5 Å². The highest BCUT2D eigenvalue weighted by molar-refractivity contribution is 7.89. The Morgan fingerprint density at radius 1 is 1.28 bits per heavy atom. The maximum absolute atomic E-state index is 13.5. The fraction of sp³-hybridized carbons (Fsp3) is 0.333. The van der Waals surface area contributed by atoms with Crippen molar-refractivity contribution in [2.24, 2.45) is 0 Å². The molecule has 134 valence electrons. The molecule has 8 nitrogen and oxygen atoms in total. The standard InChI is InChI=1S/C15H17FN4O4S/c16-12-3-1-2-4-13(12)18-14(21)9-19-10-15(17-11-19)25(22,23)20-5-7-24-8-6-20/h1-4,10-11H,5-9H2,(H,18,21). The summed E-state index contributed by atoms with van der Waals surface area (Å²) in [6, 6.07) is 5.79. The number of anilines is 1. The van der Waals surface area contributed by atoms with E-state index in [1.54, 1.807) is 6.07 Å². The molecular formula is C15H17FN4O4S. The number of morpholine rings is 1. The molecule has 2 aromatic rings. The maximum Gasteiger partial charge on any atom is 0.262 e. The summed E-state index contributed by atoms with van der Waals surface area (Å²) in [5.41, 5.74) is 0.0637. The number of sulfonamides is 1. The van der Waals surface area contributed by atoms with Crippen LogP contribution in [0.3, 0.4) is 0 Å². The van der Waals surface area contributed by atoms with Gasteiger partial charge in [-0.25, -0.2) is 17.8 Å². The first-order chi connectivity index (χ1) is 12.0. The van der Waals surface area contributed by atoms with Crippen LogP contribution in [0.5, 0.6) is 0 Å². The van der Waals surface area contributed by atoms with Gasteiger partial charge in [0.2, 0.25) is 5.91 Å². The van der Waals surface area contributed by atoms with Crippen molar-refractivity contribution in [1.82, 2.24) is 13.9 Å². The van der Waals surface area contributed by atoms with Crippen molar-refractivity contribution < 1.29 is 22.3 Å². The molecule has 0 radical (unpaired) electrons. The van der Waals surface area contributed by atoms with Crippen molar-refractivity contribution in [3.05, 3.63) is 42.6 Å². The number of hydrogen-bond acceptors (Lipinski definition) is 5. The van der Waals surface area contributed by atoms with Crippen LogP contribution in [0.2, 0.25) is 0 Å². The van der Waals surface area contributed by atoms with Gasteiger partial charge in [-0.2, -0.15) is 4.31 Å². The van der Waals surface area contributed by atoms with Gasteiger partial charge in [-0.15, -0.1) is 0 Å². The Morgan fingerprint density at radius 2 is 2.00 bits per heavy atom. The molecule has 0 aliphatic carbocycles. The van der Waals surface area contributed by atoms with Crippen LogP contribution in [0.1, 0.15) is 0 Å². The highest BCUT2D eigenvalue weighted by Gasteiger charge is 2.28. The summed E-state index contributed by atoms with van der Waals surface area (Å²) in [5, 5.41) is 2.30. The van der Waals surface area contributed by atoms with E-state index in [-0.39, 0.29) is 30.3 Å². The Morgan fingerprint density at radius 3 is 2.72 bits per heavy atom. The molecule has 1 aliphatic rings. The fourth-order valence-electron chi connectivity index (χ4n) is 2.40. The van der Waals surface area contributed by atoms with E-state index >= 15 is 0 Å². The molecule has 1 saturated heterocycles. The Hall–Kier alpha value is -2.30. The smallest absolute Gasteiger partial charge is 0.262 e. The van der Waals surface area contributed by atoms with Gasteiger partial charge in [0.1, 0.15) is 12.4 Å². The second-order valence-corrected chi connectivity index (χ2v) is 7.31. The molecule has 0 atom stereocenters. The van der Waals surface area contributed by atoms with E-state index in [2.05, 4.69) is 10.3 Å². The Labute approximate surface area is 144 Å². The minimum absolute atomic E-state index is 0.0637. The Balaban J connectivity index is 1.67. The van der Waals surface area contributed by atoms with Gasteiger partial charge in [-0.05, 0) is 12.1 Å². The number of benzene rings is 1. The Bertz CT molecular complexity index is 862. The summed E-state index contributed by atoms with van der Waals surface area (Å²) in [6.07, 6.45) is 2.54. The number of hydrogen-bond donors (Lipinski definition) is 1. The first-order valence-corrected chi connectivity index (χ1v) is 9.05. The van der Waals surface area contributed by atoms with E-state index in [4.69, 9.17) is 4.74 Å². The summed E-state index contributed by atoms with van der Waals surface area (Å²) < 4.78 is 46.2. The molecule has 0 spiro atoms. The van der Waals surface area contributed by atoms with Crippen LogP contribution < -0.4 is 5.32 Å². The quantitative estimate of drug-likeness (QED) is 0.838. The molecule has 0 unspecified atom stereocenters. The highest BCUT2D eigenvalue weighted by atomic mass is 32.2. The van der Waals surface area contributed by atoms with Crippen LogP contribution in [-0.2, 0) is 26.1 Å². The third kappa shape index (κ3) is 4.03. The van der Waals surface area contributed by atoms with Gasteiger partial charge >= 0.3 is 0 Å². The molecular weight excluding hydrogens is 351 g/mol. The third-order valence-electron chi connectivity index (χ3n) is 3.66. The lowest BCUT2D eigenvalue weighted by Gasteiger charge is -2.24. The molecule has 3 rings (SSSR count). The Kier molecular flexibility index (Phi) is 5.11. The summed E-state index contributed by atoms with van der Waals surface area (Å²) >= 11 is 0. The SMILES string of the molecule is O=C(Cn1cnc(S(=O)(=O)N2CCOCC2)c1)Nc1ccccc1F. The molecule has 1 fully saturated rings. The van der Waals surface area contributed by atoms with Crippen LogP contribution in [-0.4, -0.2) is 54.5 Å². The number of halogens is 1. The molecule has 1 N–H and O–H groups in total. The number of para-hydroxylation sites is 1. The molecule has 1 amide bonds. The van der Waals surface area contributed by atoms with E-state index in [9.17, 15) is 17.6 Å². The predicted octanol–water partition coefficient (Wildman–Crippen LogP) is 0.682. The van der Waals surface area contributed by atoms with Gasteiger partial charge in [0.25, 0.3) is 10.0 Å². The monoisotopic (exact) mass is 368 g/mol. The van der Waals surface area contributed by atoms with Crippen LogP contribution in [0.25, 0.3) is 0 Å². The molecule has 0 bridgehead atoms. The maximum atomic E-state index is 13.5. The van der Waals surface area contributed by atoms with Crippen molar-refractivity contribution in [3.63, 3.8) is 0 Å². The number of ether oxygens (including phenoxy) is 1. The number of nitrogens with one attached hydrogen (secondary N) is 1. The fourth-order valence-corrected chi connectivity index (χ4v) is 3.74. The summed E-state index contributed by atoms with van der Waals surface area (Å²) in [7, 11) is -3.71. The van der Waals surface area contributed by atoms with Gasteiger partial charge in [0.15, 0.2) is 5.03 Å². The minimum Gasteiger partial charge on any atom is -0.379 e. The molecule has 0 saturated carbocycles. The number of nitrogens with zero attached hydrogens (tertiary/aromatic N) is 3. The molecule has 10 heteroatoms. The van der Waals surface area contributed by atoms with E-state index in [0.717, 1.165) is 0 Å². The number of amides is 1. The van der Waals surface area contributed by atoms with Gasteiger partial charge in [0.05, 0.1) is 25.2 Å². The number of carbonyl (C=O) groups is 1. The van der Waals surface area contributed by atoms with Gasteiger partial charge < -0.3 is 14.6 Å². The lowest BCUT2D eigenvalue weighted by atomic mass is 10.3. The van der Waals surface area contributed by atoms with E-state index in [0.29, 0.717) is 13.2 Å². The summed E-state index contributed by atoms with van der Waals surface area (Å²) in [5.74, 6) is -1.03. The molecule has 25 heavy (non-hydrogen) atoms. The van der Waals surface area contributed by atoms with Crippen molar-refractivity contribution >= 4 is 21.6 Å². The van der Waals surface area contributed by atoms with Crippen LogP contribution >= 0.6 is 0 Å². The van der Waals surface area contributed by atoms with Crippen molar-refractivity contribution in [2.45, 2.75) is 11.6 Å². The van der Waals surface area contributed by atoms with E-state index < -0.39 is 21.7 Å². The average molecular weight is 368 g/mol. The van der Waals surface area contributed by atoms with Gasteiger partial charge in [-0.3, -0.25) is 4.79 Å². The van der Waals surface area contributed by atoms with Crippen molar-refractivity contribution in [1.29, 1.82) is 0 Å². The van der Waals surface area contributed by atoms with Crippen molar-refractivity contribution in [3.8, 4) is 0 Å². The third-order valence-corrected chi connectivity index (χ3v) is 5.44. The van der Waals surface area contributed by atoms with E-state index in [1.165, 1.54) is 39.6 Å². The lowest BCUT2D eigenvalue weighted by Crippen LogP contribution is -2.40. The van der Waals surface area contributed by atoms with Crippen LogP contribution in [0.4, 0.5) is 10.1 Å². The van der Waals surface area contributed by atoms with Crippen molar-refractivity contribution in [2.75, 3.05) is 31.6 Å². The van der Waals surface area contributed by atoms with Gasteiger partial charge in [-0.1, -0.05) is 12.1 Å². The molecule has 1 aromatic carbocycles. The number of imidazole rings is 1. The van der Waals surface area contributed by atoms with Crippen LogP contribution in [0, 0.1) is 5.82 Å². The largest absolute Gasteiger partial charge is 0.379 e. The number of carbonyl (C=O) groups excluding carboxylic acids is 1. The van der Waals surface area contributed by atoms with E-state index in [1.807, 2.05) is 0 Å². The predicted molar refractivity (Wildman–Crippen MR) is 86.8 cm³/mol.